The van der Waals surface area contributed by atoms with Gasteiger partial charge in [0.25, 0.3) is 5.91 Å². The molecule has 0 bridgehead atoms. The van der Waals surface area contributed by atoms with Crippen molar-refractivity contribution in [2.24, 2.45) is 0 Å². The van der Waals surface area contributed by atoms with E-state index < -0.39 is 0 Å². The van der Waals surface area contributed by atoms with Crippen molar-refractivity contribution in [1.29, 1.82) is 0 Å². The van der Waals surface area contributed by atoms with Crippen LogP contribution >= 0.6 is 0 Å². The minimum Gasteiger partial charge on any atom is -0.465 e. The Bertz CT molecular complexity index is 841. The highest BCUT2D eigenvalue weighted by Gasteiger charge is 2.24. The molecule has 0 radical (unpaired) electrons. The summed E-state index contributed by atoms with van der Waals surface area (Å²) in [5, 5.41) is 0. The van der Waals surface area contributed by atoms with E-state index in [1.165, 1.54) is 12.7 Å². The molecule has 1 amide bonds. The third-order valence-electron chi connectivity index (χ3n) is 5.19. The van der Waals surface area contributed by atoms with Gasteiger partial charge < -0.3 is 14.5 Å². The van der Waals surface area contributed by atoms with Gasteiger partial charge in [0.1, 0.15) is 0 Å². The summed E-state index contributed by atoms with van der Waals surface area (Å²) in [6.07, 6.45) is 3.12. The predicted octanol–water partition coefficient (Wildman–Crippen LogP) is 3.40. The molecular formula is C21H22N2O3. The number of nitrogens with zero attached hydrogens (tertiary/aromatic N) is 2. The molecule has 0 unspecified atom stereocenters. The lowest BCUT2D eigenvalue weighted by Crippen LogP contribution is -2.42. The monoisotopic (exact) mass is 350 g/mol. The Balaban J connectivity index is 1.60. The number of fused-ring (bicyclic) bond motifs is 1. The maximum Gasteiger partial charge on any atom is 0.337 e. The van der Waals surface area contributed by atoms with Crippen LogP contribution in [0.15, 0.2) is 42.5 Å². The minimum absolute atomic E-state index is 0.138. The number of carbonyl (C=O) groups is 2. The smallest absolute Gasteiger partial charge is 0.337 e. The van der Waals surface area contributed by atoms with Crippen LogP contribution in [0.4, 0.5) is 11.4 Å². The molecule has 0 spiro atoms. The Morgan fingerprint density at radius 2 is 1.65 bits per heavy atom. The van der Waals surface area contributed by atoms with Crippen LogP contribution in [0, 0.1) is 0 Å². The van der Waals surface area contributed by atoms with E-state index in [0.717, 1.165) is 55.8 Å². The second-order valence-corrected chi connectivity index (χ2v) is 6.78. The summed E-state index contributed by atoms with van der Waals surface area (Å²) in [5.74, 6) is -0.191. The molecule has 26 heavy (non-hydrogen) atoms. The standard InChI is InChI=1S/C21H22N2O3/c1-26-21(25)15-5-8-18(9-6-15)23-13-2-4-16-14-17(7-10-19(16)23)20(24)22-11-3-12-22/h5-10,14H,2-4,11-13H2,1H3. The van der Waals surface area contributed by atoms with Gasteiger partial charge in [-0.2, -0.15) is 0 Å². The average molecular weight is 350 g/mol. The van der Waals surface area contributed by atoms with Crippen molar-refractivity contribution in [2.45, 2.75) is 19.3 Å². The number of carbonyl (C=O) groups excluding carboxylic acids is 2. The Hall–Kier alpha value is -2.82. The fraction of sp³-hybridized carbons (Fsp3) is 0.333. The van der Waals surface area contributed by atoms with Crippen molar-refractivity contribution in [3.8, 4) is 0 Å². The Morgan fingerprint density at radius 1 is 0.923 bits per heavy atom. The SMILES string of the molecule is COC(=O)c1ccc(N2CCCc3cc(C(=O)N4CCC4)ccc32)cc1. The lowest BCUT2D eigenvalue weighted by molar-refractivity contribution is 0.0599. The van der Waals surface area contributed by atoms with Gasteiger partial charge in [-0.3, -0.25) is 4.79 Å². The number of methoxy groups -OCH3 is 1. The zero-order valence-electron chi connectivity index (χ0n) is 14.9. The van der Waals surface area contributed by atoms with Gasteiger partial charge in [0.05, 0.1) is 12.7 Å². The van der Waals surface area contributed by atoms with Crippen LogP contribution in [0.2, 0.25) is 0 Å². The first-order chi connectivity index (χ1) is 12.7. The Labute approximate surface area is 153 Å². The number of aryl methyl sites for hydroxylation is 1. The van der Waals surface area contributed by atoms with Crippen LogP contribution in [0.5, 0.6) is 0 Å². The summed E-state index contributed by atoms with van der Waals surface area (Å²) in [4.78, 5) is 28.2. The summed E-state index contributed by atoms with van der Waals surface area (Å²) in [5.41, 5.74) is 4.72. The zero-order valence-corrected chi connectivity index (χ0v) is 14.9. The summed E-state index contributed by atoms with van der Waals surface area (Å²) in [6.45, 7) is 2.66. The van der Waals surface area contributed by atoms with E-state index in [2.05, 4.69) is 11.0 Å². The van der Waals surface area contributed by atoms with Crippen molar-refractivity contribution < 1.29 is 14.3 Å². The number of esters is 1. The van der Waals surface area contributed by atoms with Crippen LogP contribution < -0.4 is 4.90 Å². The first-order valence-electron chi connectivity index (χ1n) is 9.05. The molecule has 2 aromatic rings. The molecule has 2 aliphatic rings. The normalized spacial score (nSPS) is 15.9. The number of rotatable bonds is 3. The molecular weight excluding hydrogens is 328 g/mol. The number of amides is 1. The van der Waals surface area contributed by atoms with Gasteiger partial charge in [-0.1, -0.05) is 0 Å². The fourth-order valence-electron chi connectivity index (χ4n) is 3.60. The largest absolute Gasteiger partial charge is 0.465 e. The summed E-state index contributed by atoms with van der Waals surface area (Å²) < 4.78 is 4.76. The van der Waals surface area contributed by atoms with Gasteiger partial charge in [0.15, 0.2) is 0 Å². The topological polar surface area (TPSA) is 49.9 Å². The van der Waals surface area contributed by atoms with Gasteiger partial charge in [0, 0.05) is 36.6 Å². The number of likely N-dealkylation sites (tertiary alicyclic amines) is 1. The molecule has 0 saturated carbocycles. The first kappa shape index (κ1) is 16.6. The van der Waals surface area contributed by atoms with Crippen LogP contribution in [0.3, 0.4) is 0 Å². The van der Waals surface area contributed by atoms with E-state index in [9.17, 15) is 9.59 Å². The molecule has 5 heteroatoms. The average Bonchev–Trinajstić information content (AvgIpc) is 2.65. The fourth-order valence-corrected chi connectivity index (χ4v) is 3.60. The predicted molar refractivity (Wildman–Crippen MR) is 100 cm³/mol. The quantitative estimate of drug-likeness (QED) is 0.796. The number of hydrogen-bond acceptors (Lipinski definition) is 4. The second kappa shape index (κ2) is 6.83. The molecule has 4 rings (SSSR count). The number of anilines is 2. The van der Waals surface area contributed by atoms with E-state index in [4.69, 9.17) is 4.74 Å². The van der Waals surface area contributed by atoms with E-state index in [0.29, 0.717) is 5.56 Å². The molecule has 2 heterocycles. The maximum absolute atomic E-state index is 12.5. The molecule has 2 aromatic carbocycles. The van der Waals surface area contributed by atoms with Gasteiger partial charge >= 0.3 is 5.97 Å². The zero-order chi connectivity index (χ0) is 18.1. The molecule has 2 aliphatic heterocycles. The molecule has 0 aliphatic carbocycles. The molecule has 5 nitrogen and oxygen atoms in total. The van der Waals surface area contributed by atoms with Crippen molar-refractivity contribution in [3.63, 3.8) is 0 Å². The number of benzene rings is 2. The Kier molecular flexibility index (Phi) is 4.37. The van der Waals surface area contributed by atoms with Crippen molar-refractivity contribution in [1.82, 2.24) is 4.90 Å². The summed E-state index contributed by atoms with van der Waals surface area (Å²) in [7, 11) is 1.39. The van der Waals surface area contributed by atoms with E-state index in [-0.39, 0.29) is 11.9 Å². The van der Waals surface area contributed by atoms with Crippen molar-refractivity contribution in [3.05, 3.63) is 59.2 Å². The molecule has 1 fully saturated rings. The third kappa shape index (κ3) is 2.94. The van der Waals surface area contributed by atoms with Crippen molar-refractivity contribution >= 4 is 23.3 Å². The van der Waals surface area contributed by atoms with Gasteiger partial charge in [-0.15, -0.1) is 0 Å². The van der Waals surface area contributed by atoms with Crippen molar-refractivity contribution in [2.75, 3.05) is 31.6 Å². The lowest BCUT2D eigenvalue weighted by Gasteiger charge is -2.33. The lowest BCUT2D eigenvalue weighted by atomic mass is 9.97. The van der Waals surface area contributed by atoms with Gasteiger partial charge in [-0.05, 0) is 67.3 Å². The highest BCUT2D eigenvalue weighted by molar-refractivity contribution is 5.95. The van der Waals surface area contributed by atoms with Gasteiger partial charge in [-0.25, -0.2) is 4.79 Å². The van der Waals surface area contributed by atoms with Crippen LogP contribution in [0.1, 0.15) is 39.1 Å². The molecule has 0 aromatic heterocycles. The van der Waals surface area contributed by atoms with Gasteiger partial charge in [0.2, 0.25) is 0 Å². The van der Waals surface area contributed by atoms with Crippen LogP contribution in [-0.2, 0) is 11.2 Å². The maximum atomic E-state index is 12.5. The summed E-state index contributed by atoms with van der Waals surface area (Å²) >= 11 is 0. The Morgan fingerprint density at radius 3 is 2.31 bits per heavy atom. The molecule has 1 saturated heterocycles. The third-order valence-corrected chi connectivity index (χ3v) is 5.19. The van der Waals surface area contributed by atoms with E-state index in [1.54, 1.807) is 12.1 Å². The molecule has 0 atom stereocenters. The minimum atomic E-state index is -0.329. The van der Waals surface area contributed by atoms with Crippen LogP contribution in [-0.4, -0.2) is 43.5 Å². The van der Waals surface area contributed by atoms with E-state index >= 15 is 0 Å². The van der Waals surface area contributed by atoms with Crippen LogP contribution in [0.25, 0.3) is 0 Å². The molecule has 0 N–H and O–H groups in total. The highest BCUT2D eigenvalue weighted by atomic mass is 16.5. The molecule has 134 valence electrons. The summed E-state index contributed by atoms with van der Waals surface area (Å²) in [6, 6.07) is 13.5. The second-order valence-electron chi connectivity index (χ2n) is 6.78. The number of hydrogen-bond donors (Lipinski definition) is 0. The highest BCUT2D eigenvalue weighted by Crippen LogP contribution is 2.34. The first-order valence-corrected chi connectivity index (χ1v) is 9.05. The number of ether oxygens (including phenoxy) is 1. The van der Waals surface area contributed by atoms with E-state index in [1.807, 2.05) is 29.2 Å².